The summed E-state index contributed by atoms with van der Waals surface area (Å²) in [6.07, 6.45) is 2.57. The number of benzene rings is 1. The van der Waals surface area contributed by atoms with Gasteiger partial charge in [-0.1, -0.05) is 32.0 Å². The minimum Gasteiger partial charge on any atom is -0.382 e. The van der Waals surface area contributed by atoms with Gasteiger partial charge in [0.25, 0.3) is 5.91 Å². The van der Waals surface area contributed by atoms with Gasteiger partial charge in [-0.05, 0) is 31.0 Å². The van der Waals surface area contributed by atoms with E-state index in [0.29, 0.717) is 18.8 Å². The van der Waals surface area contributed by atoms with Gasteiger partial charge >= 0.3 is 5.69 Å². The van der Waals surface area contributed by atoms with Gasteiger partial charge in [-0.25, -0.2) is 4.79 Å². The monoisotopic (exact) mass is 403 g/mol. The molecule has 158 valence electrons. The van der Waals surface area contributed by atoms with Gasteiger partial charge in [0.15, 0.2) is 6.23 Å². The van der Waals surface area contributed by atoms with Crippen molar-refractivity contribution in [3.05, 3.63) is 58.6 Å². The quantitative estimate of drug-likeness (QED) is 0.548. The summed E-state index contributed by atoms with van der Waals surface area (Å²) < 4.78 is 18.0. The molecular weight excluding hydrogens is 374 g/mol. The fourth-order valence-electron chi connectivity index (χ4n) is 2.69. The highest BCUT2D eigenvalue weighted by Crippen LogP contribution is 2.15. The first kappa shape index (κ1) is 22.7. The van der Waals surface area contributed by atoms with Crippen LogP contribution >= 0.6 is 0 Å². The van der Waals surface area contributed by atoms with Crippen LogP contribution in [-0.4, -0.2) is 48.5 Å². The van der Waals surface area contributed by atoms with Crippen molar-refractivity contribution in [2.75, 3.05) is 32.2 Å². The van der Waals surface area contributed by atoms with Gasteiger partial charge in [0.05, 0.1) is 25.9 Å². The molecule has 0 radical (unpaired) electrons. The van der Waals surface area contributed by atoms with Crippen molar-refractivity contribution in [3.8, 4) is 0 Å². The van der Waals surface area contributed by atoms with Crippen LogP contribution in [0, 0.1) is 0 Å². The number of rotatable bonds is 12. The molecule has 8 nitrogen and oxygen atoms in total. The number of hydrogen-bond acceptors (Lipinski definition) is 6. The maximum Gasteiger partial charge on any atom is 0.351 e. The first-order valence-electron chi connectivity index (χ1n) is 9.76. The molecule has 2 rings (SSSR count). The van der Waals surface area contributed by atoms with E-state index in [1.165, 1.54) is 4.57 Å². The molecule has 1 atom stereocenters. The fraction of sp³-hybridized carbons (Fsp3) is 0.476. The van der Waals surface area contributed by atoms with Crippen LogP contribution in [0.25, 0.3) is 0 Å². The Morgan fingerprint density at radius 2 is 1.86 bits per heavy atom. The third-order valence-electron chi connectivity index (χ3n) is 4.37. The molecule has 0 fully saturated rings. The van der Waals surface area contributed by atoms with Crippen LogP contribution in [-0.2, 0) is 14.2 Å². The number of hydrogen-bond donors (Lipinski definition) is 1. The average Bonchev–Trinajstić information content (AvgIpc) is 2.74. The molecule has 1 N–H and O–H groups in total. The minimum absolute atomic E-state index is 0.00427. The topological polar surface area (TPSA) is 91.7 Å². The summed E-state index contributed by atoms with van der Waals surface area (Å²) in [6.45, 7) is 5.10. The molecule has 0 unspecified atom stereocenters. The Hall–Kier alpha value is -2.55. The van der Waals surface area contributed by atoms with E-state index in [-0.39, 0.29) is 24.4 Å². The van der Waals surface area contributed by atoms with Gasteiger partial charge in [0, 0.05) is 18.9 Å². The summed E-state index contributed by atoms with van der Waals surface area (Å²) in [5, 5.41) is 2.64. The molecule has 2 aromatic rings. The van der Waals surface area contributed by atoms with Crippen LogP contribution in [0.4, 0.5) is 5.82 Å². The molecule has 0 aliphatic carbocycles. The number of nitrogens with one attached hydrogen (secondary N) is 1. The lowest BCUT2D eigenvalue weighted by atomic mass is 10.2. The fourth-order valence-corrected chi connectivity index (χ4v) is 2.69. The molecule has 1 aromatic carbocycles. The Morgan fingerprint density at radius 3 is 2.48 bits per heavy atom. The molecule has 0 aliphatic rings. The number of nitrogens with zero attached hydrogens (tertiary/aromatic N) is 2. The van der Waals surface area contributed by atoms with E-state index in [9.17, 15) is 9.59 Å². The van der Waals surface area contributed by atoms with Crippen molar-refractivity contribution in [1.29, 1.82) is 0 Å². The number of amides is 1. The standard InChI is InChI=1S/C21H29N3O5/c1-4-17(5-2)29-19(15-28-14-13-27-3)24-12-11-18(23-21(24)26)22-20(25)16-9-7-6-8-10-16/h6-12,17,19H,4-5,13-15H2,1-3H3,(H,22,23,25,26)/t19-/m1/s1. The van der Waals surface area contributed by atoms with E-state index < -0.39 is 11.9 Å². The molecule has 0 aliphatic heterocycles. The van der Waals surface area contributed by atoms with Gasteiger partial charge in [-0.3, -0.25) is 9.36 Å². The van der Waals surface area contributed by atoms with E-state index >= 15 is 0 Å². The van der Waals surface area contributed by atoms with Crippen LogP contribution in [0.15, 0.2) is 47.4 Å². The highest BCUT2D eigenvalue weighted by Gasteiger charge is 2.19. The van der Waals surface area contributed by atoms with Crippen molar-refractivity contribution in [2.24, 2.45) is 0 Å². The molecule has 8 heteroatoms. The van der Waals surface area contributed by atoms with Crippen LogP contribution in [0.2, 0.25) is 0 Å². The van der Waals surface area contributed by atoms with Crippen molar-refractivity contribution >= 4 is 11.7 Å². The van der Waals surface area contributed by atoms with E-state index in [4.69, 9.17) is 14.2 Å². The Labute approximate surface area is 170 Å². The summed E-state index contributed by atoms with van der Waals surface area (Å²) in [4.78, 5) is 28.8. The third-order valence-corrected chi connectivity index (χ3v) is 4.37. The maximum absolute atomic E-state index is 12.6. The number of ether oxygens (including phenoxy) is 3. The largest absolute Gasteiger partial charge is 0.382 e. The molecule has 0 saturated carbocycles. The maximum atomic E-state index is 12.6. The normalized spacial score (nSPS) is 12.1. The number of aromatic nitrogens is 2. The first-order chi connectivity index (χ1) is 14.1. The van der Waals surface area contributed by atoms with Crippen molar-refractivity contribution in [3.63, 3.8) is 0 Å². The van der Waals surface area contributed by atoms with Crippen molar-refractivity contribution in [1.82, 2.24) is 9.55 Å². The molecule has 1 heterocycles. The molecule has 0 saturated heterocycles. The van der Waals surface area contributed by atoms with Gasteiger partial charge in [-0.2, -0.15) is 4.98 Å². The lowest BCUT2D eigenvalue weighted by molar-refractivity contribution is -0.103. The zero-order chi connectivity index (χ0) is 21.1. The van der Waals surface area contributed by atoms with Gasteiger partial charge in [0.1, 0.15) is 5.82 Å². The highest BCUT2D eigenvalue weighted by atomic mass is 16.6. The summed E-state index contributed by atoms with van der Waals surface area (Å²) in [7, 11) is 1.60. The van der Waals surface area contributed by atoms with E-state index in [1.54, 1.807) is 43.6 Å². The molecular formula is C21H29N3O5. The lowest BCUT2D eigenvalue weighted by Crippen LogP contribution is -2.34. The summed E-state index contributed by atoms with van der Waals surface area (Å²) >= 11 is 0. The number of carbonyl (C=O) groups is 1. The van der Waals surface area contributed by atoms with Gasteiger partial charge in [-0.15, -0.1) is 0 Å². The molecule has 0 spiro atoms. The second kappa shape index (κ2) is 12.1. The van der Waals surface area contributed by atoms with E-state index in [0.717, 1.165) is 12.8 Å². The van der Waals surface area contributed by atoms with Crippen molar-refractivity contribution in [2.45, 2.75) is 39.0 Å². The average molecular weight is 403 g/mol. The SMILES string of the molecule is CCC(CC)O[C@H](COCCOC)n1ccc(NC(=O)c2ccccc2)nc1=O. The Morgan fingerprint density at radius 1 is 1.14 bits per heavy atom. The number of carbonyl (C=O) groups excluding carboxylic acids is 1. The summed E-state index contributed by atoms with van der Waals surface area (Å²) in [6, 6.07) is 10.3. The zero-order valence-electron chi connectivity index (χ0n) is 17.2. The molecule has 1 amide bonds. The molecule has 1 aromatic heterocycles. The second-order valence-corrected chi connectivity index (χ2v) is 6.42. The molecule has 29 heavy (non-hydrogen) atoms. The Kier molecular flexibility index (Phi) is 9.49. The zero-order valence-corrected chi connectivity index (χ0v) is 17.2. The lowest BCUT2D eigenvalue weighted by Gasteiger charge is -2.25. The summed E-state index contributed by atoms with van der Waals surface area (Å²) in [5.41, 5.74) is -0.0397. The van der Waals surface area contributed by atoms with Gasteiger partial charge < -0.3 is 19.5 Å². The smallest absolute Gasteiger partial charge is 0.351 e. The number of methoxy groups -OCH3 is 1. The van der Waals surface area contributed by atoms with E-state index in [2.05, 4.69) is 10.3 Å². The number of anilines is 1. The van der Waals surface area contributed by atoms with Crippen LogP contribution in [0.1, 0.15) is 43.3 Å². The Balaban J connectivity index is 2.13. The van der Waals surface area contributed by atoms with Crippen LogP contribution in [0.3, 0.4) is 0 Å². The van der Waals surface area contributed by atoms with Crippen LogP contribution in [0.5, 0.6) is 0 Å². The first-order valence-corrected chi connectivity index (χ1v) is 9.76. The van der Waals surface area contributed by atoms with Crippen LogP contribution < -0.4 is 11.0 Å². The second-order valence-electron chi connectivity index (χ2n) is 6.42. The third kappa shape index (κ3) is 7.08. The summed E-state index contributed by atoms with van der Waals surface area (Å²) in [5.74, 6) is -0.148. The minimum atomic E-state index is -0.615. The predicted octanol–water partition coefficient (Wildman–Crippen LogP) is 2.86. The van der Waals surface area contributed by atoms with Gasteiger partial charge in [0.2, 0.25) is 0 Å². The van der Waals surface area contributed by atoms with E-state index in [1.807, 2.05) is 19.9 Å². The Bertz CT molecular complexity index is 805. The highest BCUT2D eigenvalue weighted by molar-refractivity contribution is 6.03. The molecule has 0 bridgehead atoms. The van der Waals surface area contributed by atoms with Crippen molar-refractivity contribution < 1.29 is 19.0 Å². The predicted molar refractivity (Wildman–Crippen MR) is 110 cm³/mol.